The van der Waals surface area contributed by atoms with Crippen molar-refractivity contribution in [1.82, 2.24) is 9.80 Å². The molecule has 2 aliphatic rings. The van der Waals surface area contributed by atoms with Crippen molar-refractivity contribution in [2.45, 2.75) is 46.1 Å². The van der Waals surface area contributed by atoms with Gasteiger partial charge in [-0.15, -0.1) is 0 Å². The fraction of sp³-hybridized carbons (Fsp3) is 0.467. The summed E-state index contributed by atoms with van der Waals surface area (Å²) < 4.78 is 11.1. The highest BCUT2D eigenvalue weighted by molar-refractivity contribution is 6.46. The summed E-state index contributed by atoms with van der Waals surface area (Å²) in [6.45, 7) is 13.0. The van der Waals surface area contributed by atoms with Crippen LogP contribution in [0.5, 0.6) is 5.75 Å². The number of amides is 1. The monoisotopic (exact) mass is 506 g/mol. The lowest BCUT2D eigenvalue weighted by atomic mass is 9.93. The van der Waals surface area contributed by atoms with Gasteiger partial charge in [0.05, 0.1) is 31.4 Å². The summed E-state index contributed by atoms with van der Waals surface area (Å²) in [5.74, 6) is -0.278. The second kappa shape index (κ2) is 11.9. The van der Waals surface area contributed by atoms with Gasteiger partial charge in [0.25, 0.3) is 11.7 Å². The molecular formula is C30H38N2O5. The summed E-state index contributed by atoms with van der Waals surface area (Å²) in [7, 11) is 0. The molecule has 0 saturated carbocycles. The second-order valence-electron chi connectivity index (χ2n) is 10.0. The Morgan fingerprint density at radius 2 is 1.78 bits per heavy atom. The minimum Gasteiger partial charge on any atom is -0.507 e. The molecule has 7 nitrogen and oxygen atoms in total. The van der Waals surface area contributed by atoms with Gasteiger partial charge < -0.3 is 19.5 Å². The van der Waals surface area contributed by atoms with Gasteiger partial charge in [0, 0.05) is 31.7 Å². The molecule has 1 N–H and O–H groups in total. The maximum atomic E-state index is 13.3. The van der Waals surface area contributed by atoms with Gasteiger partial charge in [0.1, 0.15) is 11.5 Å². The van der Waals surface area contributed by atoms with E-state index in [0.717, 1.165) is 42.9 Å². The molecule has 0 aromatic heterocycles. The molecule has 198 valence electrons. The Morgan fingerprint density at radius 1 is 1.08 bits per heavy atom. The van der Waals surface area contributed by atoms with Gasteiger partial charge in [-0.2, -0.15) is 0 Å². The van der Waals surface area contributed by atoms with Crippen LogP contribution in [-0.4, -0.2) is 72.6 Å². The van der Waals surface area contributed by atoms with Crippen LogP contribution in [0, 0.1) is 6.92 Å². The quantitative estimate of drug-likeness (QED) is 0.303. The standard InChI is InChI=1S/C30H38N2O5/c1-5-37-25-12-11-24(19-21(25)4)28(33)26-27(23-9-7-22(8-10-23)20(2)3)32(30(35)29(26)34)14-6-13-31-15-17-36-18-16-31/h7-12,19-20,27,33H,5-6,13-18H2,1-4H3/b28-26+. The fourth-order valence-electron chi connectivity index (χ4n) is 5.08. The smallest absolute Gasteiger partial charge is 0.295 e. The molecular weight excluding hydrogens is 468 g/mol. The zero-order valence-corrected chi connectivity index (χ0v) is 22.3. The minimum atomic E-state index is -0.645. The Hall–Kier alpha value is -3.16. The molecule has 0 radical (unpaired) electrons. The van der Waals surface area contributed by atoms with E-state index in [1.54, 1.807) is 23.1 Å². The van der Waals surface area contributed by atoms with Gasteiger partial charge in [-0.1, -0.05) is 38.1 Å². The highest BCUT2D eigenvalue weighted by atomic mass is 16.5. The van der Waals surface area contributed by atoms with Crippen molar-refractivity contribution in [3.8, 4) is 5.75 Å². The van der Waals surface area contributed by atoms with Crippen LogP contribution in [0.15, 0.2) is 48.0 Å². The second-order valence-corrected chi connectivity index (χ2v) is 10.0. The molecule has 2 aromatic carbocycles. The number of nitrogens with zero attached hydrogens (tertiary/aromatic N) is 2. The molecule has 2 saturated heterocycles. The van der Waals surface area contributed by atoms with Crippen molar-refractivity contribution in [3.05, 3.63) is 70.3 Å². The summed E-state index contributed by atoms with van der Waals surface area (Å²) in [6.07, 6.45) is 0.732. The molecule has 2 fully saturated rings. The van der Waals surface area contributed by atoms with E-state index in [-0.39, 0.29) is 11.3 Å². The summed E-state index contributed by atoms with van der Waals surface area (Å²) >= 11 is 0. The van der Waals surface area contributed by atoms with Crippen molar-refractivity contribution in [1.29, 1.82) is 0 Å². The number of Topliss-reactive ketones (excluding diaryl/α,β-unsaturated/α-hetero) is 1. The topological polar surface area (TPSA) is 79.3 Å². The number of ketones is 1. The zero-order valence-electron chi connectivity index (χ0n) is 22.3. The first-order valence-electron chi connectivity index (χ1n) is 13.2. The molecule has 0 bridgehead atoms. The lowest BCUT2D eigenvalue weighted by Gasteiger charge is -2.29. The number of aliphatic hydroxyl groups excluding tert-OH is 1. The summed E-state index contributed by atoms with van der Waals surface area (Å²) in [5, 5.41) is 11.4. The molecule has 4 rings (SSSR count). The molecule has 1 amide bonds. The van der Waals surface area contributed by atoms with Crippen LogP contribution in [0.1, 0.15) is 61.4 Å². The van der Waals surface area contributed by atoms with E-state index in [1.807, 2.05) is 38.1 Å². The lowest BCUT2D eigenvalue weighted by molar-refractivity contribution is -0.140. The van der Waals surface area contributed by atoms with E-state index < -0.39 is 17.7 Å². The third-order valence-corrected chi connectivity index (χ3v) is 7.18. The van der Waals surface area contributed by atoms with Crippen molar-refractivity contribution >= 4 is 17.4 Å². The molecule has 2 aliphatic heterocycles. The van der Waals surface area contributed by atoms with Gasteiger partial charge in [-0.25, -0.2) is 0 Å². The SMILES string of the molecule is CCOc1ccc(/C(O)=C2\C(=O)C(=O)N(CCCN3CCOCC3)C2c2ccc(C(C)C)cc2)cc1C. The first kappa shape index (κ1) is 26.9. The Labute approximate surface area is 219 Å². The average Bonchev–Trinajstić information content (AvgIpc) is 3.15. The minimum absolute atomic E-state index is 0.136. The van der Waals surface area contributed by atoms with Crippen molar-refractivity contribution in [3.63, 3.8) is 0 Å². The van der Waals surface area contributed by atoms with Crippen LogP contribution in [0.3, 0.4) is 0 Å². The van der Waals surface area contributed by atoms with E-state index in [9.17, 15) is 14.7 Å². The average molecular weight is 507 g/mol. The predicted molar refractivity (Wildman–Crippen MR) is 144 cm³/mol. The highest BCUT2D eigenvalue weighted by Gasteiger charge is 2.45. The number of rotatable bonds is 9. The van der Waals surface area contributed by atoms with Gasteiger partial charge in [-0.3, -0.25) is 14.5 Å². The van der Waals surface area contributed by atoms with Gasteiger partial charge in [0.2, 0.25) is 0 Å². The highest BCUT2D eigenvalue weighted by Crippen LogP contribution is 2.40. The fourth-order valence-corrected chi connectivity index (χ4v) is 5.08. The first-order chi connectivity index (χ1) is 17.8. The third kappa shape index (κ3) is 5.89. The molecule has 37 heavy (non-hydrogen) atoms. The summed E-state index contributed by atoms with van der Waals surface area (Å²) in [6, 6.07) is 12.7. The maximum absolute atomic E-state index is 13.3. The number of aryl methyl sites for hydroxylation is 1. The molecule has 1 atom stereocenters. The Morgan fingerprint density at radius 3 is 2.41 bits per heavy atom. The summed E-state index contributed by atoms with van der Waals surface area (Å²) in [5.41, 5.74) is 3.48. The Bertz CT molecular complexity index is 1150. The normalized spacial score (nSPS) is 20.1. The molecule has 2 heterocycles. The Balaban J connectivity index is 1.69. The van der Waals surface area contributed by atoms with E-state index in [2.05, 4.69) is 18.7 Å². The van der Waals surface area contributed by atoms with Crippen molar-refractivity contribution in [2.75, 3.05) is 46.0 Å². The van der Waals surface area contributed by atoms with Gasteiger partial charge in [-0.05, 0) is 61.1 Å². The van der Waals surface area contributed by atoms with Crippen LogP contribution in [0.2, 0.25) is 0 Å². The third-order valence-electron chi connectivity index (χ3n) is 7.18. The van der Waals surface area contributed by atoms with E-state index in [1.165, 1.54) is 5.56 Å². The number of carbonyl (C=O) groups excluding carboxylic acids is 2. The Kier molecular flexibility index (Phi) is 8.67. The number of hydrogen-bond donors (Lipinski definition) is 1. The van der Waals surface area contributed by atoms with Crippen molar-refractivity contribution < 1.29 is 24.2 Å². The number of morpholine rings is 1. The van der Waals surface area contributed by atoms with Crippen LogP contribution in [0.25, 0.3) is 5.76 Å². The first-order valence-corrected chi connectivity index (χ1v) is 13.2. The van der Waals surface area contributed by atoms with Crippen LogP contribution >= 0.6 is 0 Å². The number of aliphatic hydroxyl groups is 1. The zero-order chi connectivity index (χ0) is 26.5. The largest absolute Gasteiger partial charge is 0.507 e. The molecule has 1 unspecified atom stereocenters. The van der Waals surface area contributed by atoms with E-state index in [0.29, 0.717) is 37.8 Å². The van der Waals surface area contributed by atoms with E-state index >= 15 is 0 Å². The maximum Gasteiger partial charge on any atom is 0.295 e. The van der Waals surface area contributed by atoms with Crippen LogP contribution in [0.4, 0.5) is 0 Å². The van der Waals surface area contributed by atoms with Crippen LogP contribution < -0.4 is 4.74 Å². The molecule has 0 aliphatic carbocycles. The van der Waals surface area contributed by atoms with Crippen LogP contribution in [-0.2, 0) is 14.3 Å². The van der Waals surface area contributed by atoms with E-state index in [4.69, 9.17) is 9.47 Å². The molecule has 2 aromatic rings. The number of benzene rings is 2. The number of ether oxygens (including phenoxy) is 2. The predicted octanol–water partition coefficient (Wildman–Crippen LogP) is 4.66. The van der Waals surface area contributed by atoms with Gasteiger partial charge >= 0.3 is 0 Å². The number of carbonyl (C=O) groups is 2. The summed E-state index contributed by atoms with van der Waals surface area (Å²) in [4.78, 5) is 30.6. The molecule has 7 heteroatoms. The lowest BCUT2D eigenvalue weighted by Crippen LogP contribution is -2.38. The number of likely N-dealkylation sites (tertiary alicyclic amines) is 1. The van der Waals surface area contributed by atoms with Crippen molar-refractivity contribution in [2.24, 2.45) is 0 Å². The number of hydrogen-bond acceptors (Lipinski definition) is 6. The molecule has 0 spiro atoms. The van der Waals surface area contributed by atoms with Gasteiger partial charge in [0.15, 0.2) is 0 Å².